The molecule has 0 spiro atoms. The Morgan fingerprint density at radius 1 is 0.967 bits per heavy atom. The highest BCUT2D eigenvalue weighted by Crippen LogP contribution is 2.19. The lowest BCUT2D eigenvalue weighted by Crippen LogP contribution is -2.32. The van der Waals surface area contributed by atoms with Crippen molar-refractivity contribution in [2.24, 2.45) is 0 Å². The number of rotatable bonds is 5. The van der Waals surface area contributed by atoms with E-state index < -0.39 is 10.0 Å². The van der Waals surface area contributed by atoms with Crippen molar-refractivity contribution < 1.29 is 13.2 Å². The summed E-state index contributed by atoms with van der Waals surface area (Å²) < 4.78 is 25.3. The molecule has 6 nitrogen and oxygen atoms in total. The monoisotopic (exact) mass is 439 g/mol. The first-order valence-electron chi connectivity index (χ1n) is 9.08. The number of hydrogen-bond donors (Lipinski definition) is 2. The van der Waals surface area contributed by atoms with E-state index in [0.29, 0.717) is 5.69 Å². The van der Waals surface area contributed by atoms with E-state index in [9.17, 15) is 13.2 Å². The summed E-state index contributed by atoms with van der Waals surface area (Å²) in [6.45, 7) is 0. The van der Waals surface area contributed by atoms with Gasteiger partial charge in [-0.2, -0.15) is 0 Å². The molecule has 3 aromatic rings. The lowest BCUT2D eigenvalue weighted by Gasteiger charge is -2.12. The van der Waals surface area contributed by atoms with Gasteiger partial charge in [-0.3, -0.25) is 10.1 Å². The van der Waals surface area contributed by atoms with Gasteiger partial charge in [0.1, 0.15) is 0 Å². The van der Waals surface area contributed by atoms with Gasteiger partial charge in [-0.15, -0.1) is 0 Å². The summed E-state index contributed by atoms with van der Waals surface area (Å²) in [4.78, 5) is 12.4. The molecule has 154 valence electrons. The summed E-state index contributed by atoms with van der Waals surface area (Å²) in [6.07, 6.45) is 3.16. The smallest absolute Gasteiger partial charge is 0.250 e. The largest absolute Gasteiger partial charge is 0.332 e. The molecule has 3 rings (SSSR count). The van der Waals surface area contributed by atoms with Crippen LogP contribution < -0.4 is 10.6 Å². The first-order chi connectivity index (χ1) is 14.3. The van der Waals surface area contributed by atoms with Crippen LogP contribution in [0.3, 0.4) is 0 Å². The van der Waals surface area contributed by atoms with Crippen LogP contribution in [0.5, 0.6) is 0 Å². The summed E-state index contributed by atoms with van der Waals surface area (Å²) in [7, 11) is -0.556. The molecule has 0 aliphatic carbocycles. The lowest BCUT2D eigenvalue weighted by molar-refractivity contribution is -0.115. The molecule has 0 fully saturated rings. The maximum absolute atomic E-state index is 12.2. The van der Waals surface area contributed by atoms with E-state index in [4.69, 9.17) is 12.2 Å². The number of nitrogens with zero attached hydrogens (tertiary/aromatic N) is 1. The Kier molecular flexibility index (Phi) is 6.61. The zero-order valence-electron chi connectivity index (χ0n) is 16.5. The number of carbonyl (C=O) groups excluding carboxylic acids is 1. The molecule has 2 N–H and O–H groups in total. The minimum atomic E-state index is -3.50. The number of benzene rings is 3. The first kappa shape index (κ1) is 21.6. The van der Waals surface area contributed by atoms with Gasteiger partial charge in [-0.1, -0.05) is 42.5 Å². The second-order valence-corrected chi connectivity index (χ2v) is 9.22. The fourth-order valence-electron chi connectivity index (χ4n) is 2.80. The van der Waals surface area contributed by atoms with E-state index in [1.807, 2.05) is 42.5 Å². The summed E-state index contributed by atoms with van der Waals surface area (Å²) >= 11 is 5.16. The van der Waals surface area contributed by atoms with E-state index in [-0.39, 0.29) is 15.9 Å². The SMILES string of the molecule is CN(C)S(=O)(=O)c1ccc(NC(=S)NC(=O)/C=C\c2cccc3ccccc23)cc1. The molecule has 0 atom stereocenters. The predicted octanol–water partition coefficient (Wildman–Crippen LogP) is 3.62. The molecule has 0 unspecified atom stereocenters. The molecule has 0 aliphatic heterocycles. The van der Waals surface area contributed by atoms with Crippen LogP contribution in [-0.2, 0) is 14.8 Å². The second kappa shape index (κ2) is 9.17. The molecule has 0 saturated carbocycles. The van der Waals surface area contributed by atoms with Crippen LogP contribution in [0.2, 0.25) is 0 Å². The molecule has 0 heterocycles. The van der Waals surface area contributed by atoms with Crippen LogP contribution in [0.1, 0.15) is 5.56 Å². The molecule has 30 heavy (non-hydrogen) atoms. The number of thiocarbonyl (C=S) groups is 1. The van der Waals surface area contributed by atoms with Gasteiger partial charge in [0, 0.05) is 25.9 Å². The fourth-order valence-corrected chi connectivity index (χ4v) is 3.92. The van der Waals surface area contributed by atoms with E-state index in [1.54, 1.807) is 18.2 Å². The van der Waals surface area contributed by atoms with Crippen molar-refractivity contribution in [1.82, 2.24) is 9.62 Å². The summed E-state index contributed by atoms with van der Waals surface area (Å²) in [5, 5.41) is 7.71. The summed E-state index contributed by atoms with van der Waals surface area (Å²) in [5.74, 6) is -0.368. The van der Waals surface area contributed by atoms with Crippen molar-refractivity contribution in [3.05, 3.63) is 78.4 Å². The van der Waals surface area contributed by atoms with E-state index in [2.05, 4.69) is 10.6 Å². The number of anilines is 1. The molecule has 0 saturated heterocycles. The Morgan fingerprint density at radius 2 is 1.63 bits per heavy atom. The standard InChI is InChI=1S/C22H21N3O3S2/c1-25(2)30(27,28)19-13-11-18(12-14-19)23-22(29)24-21(26)15-10-17-8-5-7-16-6-3-4-9-20(16)17/h3-15H,1-2H3,(H2,23,24,26,29)/b15-10-. The maximum Gasteiger partial charge on any atom is 0.250 e. The molecule has 0 aromatic heterocycles. The summed E-state index contributed by atoms with van der Waals surface area (Å²) in [6, 6.07) is 19.9. The third kappa shape index (κ3) is 5.10. The van der Waals surface area contributed by atoms with Gasteiger partial charge in [0.2, 0.25) is 15.9 Å². The predicted molar refractivity (Wildman–Crippen MR) is 125 cm³/mol. The van der Waals surface area contributed by atoms with Crippen molar-refractivity contribution in [1.29, 1.82) is 0 Å². The Hall–Kier alpha value is -3.07. The van der Waals surface area contributed by atoms with Crippen LogP contribution >= 0.6 is 12.2 Å². The zero-order chi connectivity index (χ0) is 21.7. The molecule has 0 aliphatic rings. The molecular formula is C22H21N3O3S2. The van der Waals surface area contributed by atoms with E-state index >= 15 is 0 Å². The normalized spacial score (nSPS) is 11.7. The minimum Gasteiger partial charge on any atom is -0.332 e. The highest BCUT2D eigenvalue weighted by atomic mass is 32.2. The third-order valence-electron chi connectivity index (χ3n) is 4.37. The number of carbonyl (C=O) groups is 1. The Balaban J connectivity index is 1.62. The van der Waals surface area contributed by atoms with Gasteiger partial charge in [-0.25, -0.2) is 12.7 Å². The quantitative estimate of drug-likeness (QED) is 0.469. The van der Waals surface area contributed by atoms with Crippen molar-refractivity contribution in [3.63, 3.8) is 0 Å². The van der Waals surface area contributed by atoms with Gasteiger partial charge >= 0.3 is 0 Å². The van der Waals surface area contributed by atoms with Gasteiger partial charge in [0.05, 0.1) is 4.90 Å². The Bertz CT molecular complexity index is 1210. The van der Waals surface area contributed by atoms with Gasteiger partial charge in [-0.05, 0) is 58.9 Å². The van der Waals surface area contributed by atoms with Crippen molar-refractivity contribution in [2.45, 2.75) is 4.90 Å². The van der Waals surface area contributed by atoms with E-state index in [0.717, 1.165) is 20.6 Å². The Labute approximate surface area is 181 Å². The molecule has 1 amide bonds. The second-order valence-electron chi connectivity index (χ2n) is 6.66. The van der Waals surface area contributed by atoms with Crippen molar-refractivity contribution >= 4 is 55.8 Å². The highest BCUT2D eigenvalue weighted by Gasteiger charge is 2.16. The number of fused-ring (bicyclic) bond motifs is 1. The van der Waals surface area contributed by atoms with Crippen LogP contribution in [0.15, 0.2) is 77.7 Å². The number of amides is 1. The van der Waals surface area contributed by atoms with E-state index in [1.165, 1.54) is 32.3 Å². The Morgan fingerprint density at radius 3 is 2.33 bits per heavy atom. The first-order valence-corrected chi connectivity index (χ1v) is 10.9. The van der Waals surface area contributed by atoms with Crippen LogP contribution in [-0.4, -0.2) is 37.8 Å². The average molecular weight is 440 g/mol. The highest BCUT2D eigenvalue weighted by molar-refractivity contribution is 7.89. The van der Waals surface area contributed by atoms with Gasteiger partial charge < -0.3 is 5.32 Å². The third-order valence-corrected chi connectivity index (χ3v) is 6.40. The summed E-state index contributed by atoms with van der Waals surface area (Å²) in [5.41, 5.74) is 1.50. The lowest BCUT2D eigenvalue weighted by atomic mass is 10.0. The van der Waals surface area contributed by atoms with Crippen LogP contribution in [0, 0.1) is 0 Å². The molecule has 0 radical (unpaired) electrons. The van der Waals surface area contributed by atoms with Crippen LogP contribution in [0.25, 0.3) is 16.8 Å². The molecular weight excluding hydrogens is 418 g/mol. The number of nitrogens with one attached hydrogen (secondary N) is 2. The maximum atomic E-state index is 12.2. The molecule has 0 bridgehead atoms. The van der Waals surface area contributed by atoms with Gasteiger partial charge in [0.25, 0.3) is 0 Å². The molecule has 8 heteroatoms. The van der Waals surface area contributed by atoms with Crippen molar-refractivity contribution in [2.75, 3.05) is 19.4 Å². The zero-order valence-corrected chi connectivity index (χ0v) is 18.1. The number of sulfonamides is 1. The van der Waals surface area contributed by atoms with Crippen LogP contribution in [0.4, 0.5) is 5.69 Å². The molecule has 3 aromatic carbocycles. The minimum absolute atomic E-state index is 0.116. The topological polar surface area (TPSA) is 78.5 Å². The van der Waals surface area contributed by atoms with Gasteiger partial charge in [0.15, 0.2) is 5.11 Å². The van der Waals surface area contributed by atoms with Crippen molar-refractivity contribution in [3.8, 4) is 0 Å². The average Bonchev–Trinajstić information content (AvgIpc) is 2.72. The fraction of sp³-hybridized carbons (Fsp3) is 0.0909. The number of hydrogen-bond acceptors (Lipinski definition) is 4.